The summed E-state index contributed by atoms with van der Waals surface area (Å²) in [6, 6.07) is 2.06. The first kappa shape index (κ1) is 31.0. The number of ether oxygens (including phenoxy) is 2. The van der Waals surface area contributed by atoms with Crippen LogP contribution >= 0.6 is 0 Å². The molecule has 4 aliphatic heterocycles. The summed E-state index contributed by atoms with van der Waals surface area (Å²) >= 11 is 0. The Morgan fingerprint density at radius 2 is 1.89 bits per heavy atom. The molecule has 0 radical (unpaired) electrons. The van der Waals surface area contributed by atoms with Crippen molar-refractivity contribution in [3.05, 3.63) is 36.0 Å². The number of pyridine rings is 2. The van der Waals surface area contributed by atoms with E-state index in [-0.39, 0.29) is 40.8 Å². The maximum absolute atomic E-state index is 16.7. The molecule has 4 saturated heterocycles. The Kier molecular flexibility index (Phi) is 8.02. The number of carbonyl (C=O) groups is 1. The molecule has 0 aliphatic carbocycles. The van der Waals surface area contributed by atoms with Crippen molar-refractivity contribution in [2.45, 2.75) is 96.2 Å². The van der Waals surface area contributed by atoms with E-state index in [2.05, 4.69) is 33.6 Å². The third-order valence-electron chi connectivity index (χ3n) is 10.3. The van der Waals surface area contributed by atoms with Crippen molar-refractivity contribution in [3.63, 3.8) is 0 Å². The summed E-state index contributed by atoms with van der Waals surface area (Å²) in [6.45, 7) is 14.5. The van der Waals surface area contributed by atoms with Gasteiger partial charge in [-0.2, -0.15) is 9.97 Å². The molecule has 0 spiro atoms. The van der Waals surface area contributed by atoms with Crippen LogP contribution in [0.2, 0.25) is 0 Å². The van der Waals surface area contributed by atoms with E-state index in [1.807, 2.05) is 31.7 Å². The van der Waals surface area contributed by atoms with Gasteiger partial charge in [0.2, 0.25) is 0 Å². The fourth-order valence-electron chi connectivity index (χ4n) is 8.10. The van der Waals surface area contributed by atoms with Gasteiger partial charge < -0.3 is 19.3 Å². The average Bonchev–Trinajstić information content (AvgIpc) is 3.67. The van der Waals surface area contributed by atoms with Gasteiger partial charge in [-0.3, -0.25) is 14.9 Å². The second kappa shape index (κ2) is 11.9. The Labute approximate surface area is 270 Å². The predicted octanol–water partition coefficient (Wildman–Crippen LogP) is 6.19. The number of rotatable bonds is 6. The van der Waals surface area contributed by atoms with Crippen LogP contribution in [0.3, 0.4) is 0 Å². The third kappa shape index (κ3) is 5.75. The van der Waals surface area contributed by atoms with Crippen LogP contribution in [0.1, 0.15) is 84.6 Å². The molecule has 2 unspecified atom stereocenters. The minimum atomic E-state index is -0.572. The van der Waals surface area contributed by atoms with Gasteiger partial charge in [-0.15, -0.1) is 0 Å². The number of anilines is 1. The number of carbonyl (C=O) groups excluding carboxylic acids is 1. The summed E-state index contributed by atoms with van der Waals surface area (Å²) in [5.74, 6) is 0.615. The van der Waals surface area contributed by atoms with Crippen molar-refractivity contribution in [3.8, 4) is 17.3 Å². The van der Waals surface area contributed by atoms with Crippen LogP contribution in [0.25, 0.3) is 22.2 Å². The Balaban J connectivity index is 1.28. The fourth-order valence-corrected chi connectivity index (χ4v) is 8.10. The molecule has 3 aromatic rings. The van der Waals surface area contributed by atoms with Crippen molar-refractivity contribution in [2.24, 2.45) is 5.92 Å². The van der Waals surface area contributed by atoms with Crippen molar-refractivity contribution >= 4 is 22.8 Å². The number of amides is 1. The van der Waals surface area contributed by atoms with Crippen molar-refractivity contribution in [1.29, 1.82) is 0 Å². The van der Waals surface area contributed by atoms with Gasteiger partial charge in [0.15, 0.2) is 5.82 Å². The molecule has 3 aromatic heterocycles. The van der Waals surface area contributed by atoms with Crippen LogP contribution in [0.5, 0.6) is 6.01 Å². The molecule has 0 N–H and O–H groups in total. The number of aromatic nitrogens is 4. The van der Waals surface area contributed by atoms with Crippen LogP contribution in [-0.4, -0.2) is 92.3 Å². The van der Waals surface area contributed by atoms with Gasteiger partial charge in [0, 0.05) is 43.8 Å². The Morgan fingerprint density at radius 1 is 1.11 bits per heavy atom. The predicted molar refractivity (Wildman–Crippen MR) is 175 cm³/mol. The van der Waals surface area contributed by atoms with Crippen LogP contribution in [0, 0.1) is 11.7 Å². The van der Waals surface area contributed by atoms with Gasteiger partial charge in [0.05, 0.1) is 17.0 Å². The highest BCUT2D eigenvalue weighted by Crippen LogP contribution is 2.41. The van der Waals surface area contributed by atoms with E-state index < -0.39 is 11.4 Å². The molecule has 46 heavy (non-hydrogen) atoms. The molecule has 11 heteroatoms. The van der Waals surface area contributed by atoms with Crippen molar-refractivity contribution in [2.75, 3.05) is 44.2 Å². The van der Waals surface area contributed by atoms with Crippen molar-refractivity contribution < 1.29 is 18.7 Å². The minimum Gasteiger partial charge on any atom is -0.461 e. The van der Waals surface area contributed by atoms with Gasteiger partial charge in [-0.25, -0.2) is 9.18 Å². The molecule has 7 rings (SSSR count). The first-order valence-electron chi connectivity index (χ1n) is 16.9. The molecule has 10 nitrogen and oxygen atoms in total. The van der Waals surface area contributed by atoms with Gasteiger partial charge in [-0.05, 0) is 95.9 Å². The van der Waals surface area contributed by atoms with E-state index in [1.165, 1.54) is 0 Å². The van der Waals surface area contributed by atoms with Gasteiger partial charge in [0.1, 0.15) is 29.2 Å². The minimum absolute atomic E-state index is 0.00201. The summed E-state index contributed by atoms with van der Waals surface area (Å²) in [5.41, 5.74) is 1.47. The molecule has 0 saturated carbocycles. The van der Waals surface area contributed by atoms with Crippen molar-refractivity contribution in [1.82, 2.24) is 29.7 Å². The lowest BCUT2D eigenvalue weighted by Gasteiger charge is -2.34. The maximum Gasteiger partial charge on any atom is 0.410 e. The summed E-state index contributed by atoms with van der Waals surface area (Å²) < 4.78 is 28.9. The zero-order valence-corrected chi connectivity index (χ0v) is 27.8. The number of halogens is 1. The maximum atomic E-state index is 16.7. The third-order valence-corrected chi connectivity index (χ3v) is 10.3. The molecule has 2 bridgehead atoms. The Hall–Kier alpha value is -3.60. The number of fused-ring (bicyclic) bond motifs is 4. The molecule has 246 valence electrons. The van der Waals surface area contributed by atoms with Crippen LogP contribution in [0.15, 0.2) is 24.7 Å². The molecule has 4 aliphatic rings. The topological polar surface area (TPSA) is 96.8 Å². The van der Waals surface area contributed by atoms with Gasteiger partial charge in [-0.1, -0.05) is 13.8 Å². The van der Waals surface area contributed by atoms with Crippen LogP contribution in [0.4, 0.5) is 15.0 Å². The second-order valence-corrected chi connectivity index (χ2v) is 15.0. The summed E-state index contributed by atoms with van der Waals surface area (Å²) in [4.78, 5) is 38.4. The number of hydrogen-bond donors (Lipinski definition) is 0. The smallest absolute Gasteiger partial charge is 0.410 e. The SMILES string of the molecule is CC(C)c1ccncc1-c1ncc2c(N3CCC4CC(C3)N(C(=O)OC(C)(C)C)C4)nc(OCC34CCCN3CCC4)nc2c1F. The second-order valence-electron chi connectivity index (χ2n) is 15.0. The fraction of sp³-hybridized carbons (Fsp3) is 0.629. The molecule has 1 amide bonds. The molecule has 7 heterocycles. The highest BCUT2D eigenvalue weighted by atomic mass is 19.1. The van der Waals surface area contributed by atoms with Crippen LogP contribution in [-0.2, 0) is 4.74 Å². The quantitative estimate of drug-likeness (QED) is 0.315. The van der Waals surface area contributed by atoms with E-state index in [1.54, 1.807) is 18.6 Å². The molecule has 0 aromatic carbocycles. The van der Waals surface area contributed by atoms with Crippen LogP contribution < -0.4 is 9.64 Å². The van der Waals surface area contributed by atoms with Gasteiger partial charge >= 0.3 is 12.1 Å². The first-order valence-corrected chi connectivity index (χ1v) is 16.9. The highest BCUT2D eigenvalue weighted by molar-refractivity contribution is 5.92. The van der Waals surface area contributed by atoms with E-state index in [9.17, 15) is 4.79 Å². The lowest BCUT2D eigenvalue weighted by molar-refractivity contribution is 0.0221. The lowest BCUT2D eigenvalue weighted by atomic mass is 9.95. The number of likely N-dealkylation sites (tertiary alicyclic amines) is 1. The summed E-state index contributed by atoms with van der Waals surface area (Å²) in [6.07, 6.45) is 11.1. The summed E-state index contributed by atoms with van der Waals surface area (Å²) in [5, 5.41) is 0.534. The normalized spacial score (nSPS) is 22.8. The zero-order valence-electron chi connectivity index (χ0n) is 27.8. The Bertz CT molecular complexity index is 1620. The standard InChI is InChI=1S/C35H46FN7O3/c1-22(2)25-8-12-37-17-26(25)29-28(36)30-27(18-38-29)31(40-32(39-30)45-21-35-10-6-13-42(35)14-7-11-35)41-15-9-23-16-24(20-41)43(19-23)33(44)46-34(3,4)5/h8,12,17-18,22-24H,6-7,9-11,13-16,19-21H2,1-5H3. The molecular weight excluding hydrogens is 585 g/mol. The van der Waals surface area contributed by atoms with Gasteiger partial charge in [0.25, 0.3) is 0 Å². The lowest BCUT2D eigenvalue weighted by Crippen LogP contribution is -2.46. The summed E-state index contributed by atoms with van der Waals surface area (Å²) in [7, 11) is 0. The van der Waals surface area contributed by atoms with E-state index in [4.69, 9.17) is 19.4 Å². The van der Waals surface area contributed by atoms with E-state index in [0.29, 0.717) is 42.4 Å². The monoisotopic (exact) mass is 631 g/mol. The number of nitrogens with zero attached hydrogens (tertiary/aromatic N) is 7. The highest BCUT2D eigenvalue weighted by Gasteiger charge is 2.45. The molecule has 2 atom stereocenters. The number of hydrogen-bond acceptors (Lipinski definition) is 9. The van der Waals surface area contributed by atoms with E-state index >= 15 is 4.39 Å². The average molecular weight is 632 g/mol. The first-order chi connectivity index (χ1) is 22.0. The molecular formula is C35H46FN7O3. The zero-order chi connectivity index (χ0) is 32.2. The van der Waals surface area contributed by atoms with E-state index in [0.717, 1.165) is 63.7 Å². The Morgan fingerprint density at radius 3 is 2.63 bits per heavy atom. The largest absolute Gasteiger partial charge is 0.461 e. The molecule has 4 fully saturated rings.